The summed E-state index contributed by atoms with van der Waals surface area (Å²) in [5.74, 6) is 0. The van der Waals surface area contributed by atoms with Gasteiger partial charge in [0.1, 0.15) is 0 Å². The lowest BCUT2D eigenvalue weighted by Gasteiger charge is -2.32. The van der Waals surface area contributed by atoms with Gasteiger partial charge in [-0.2, -0.15) is 17.0 Å². The van der Waals surface area contributed by atoms with Crippen LogP contribution in [0.5, 0.6) is 0 Å². The summed E-state index contributed by atoms with van der Waals surface area (Å²) in [6.45, 7) is 5.06. The molecule has 2 rings (SSSR count). The SMILES string of the molecule is COC1(C)CCCN(S(=O)(=O)N2CCOCC2)CC1. The molecule has 1 unspecified atom stereocenters. The first kappa shape index (κ1) is 15.2. The lowest BCUT2D eigenvalue weighted by Crippen LogP contribution is -2.49. The fourth-order valence-electron chi connectivity index (χ4n) is 2.60. The largest absolute Gasteiger partial charge is 0.379 e. The van der Waals surface area contributed by atoms with Crippen LogP contribution in [0.25, 0.3) is 0 Å². The molecule has 2 saturated heterocycles. The van der Waals surface area contributed by atoms with Crippen LogP contribution in [-0.4, -0.2) is 69.1 Å². The zero-order valence-electron chi connectivity index (χ0n) is 11.8. The van der Waals surface area contributed by atoms with Crippen molar-refractivity contribution in [3.63, 3.8) is 0 Å². The summed E-state index contributed by atoms with van der Waals surface area (Å²) in [6, 6.07) is 0. The third-order valence-corrected chi connectivity index (χ3v) is 6.15. The molecule has 0 saturated carbocycles. The van der Waals surface area contributed by atoms with E-state index in [0.717, 1.165) is 19.3 Å². The maximum atomic E-state index is 12.5. The first-order valence-electron chi connectivity index (χ1n) is 6.86. The Morgan fingerprint density at radius 1 is 1.05 bits per heavy atom. The Morgan fingerprint density at radius 3 is 2.32 bits per heavy atom. The number of hydrogen-bond donors (Lipinski definition) is 0. The predicted octanol–water partition coefficient (Wildman–Crippen LogP) is 0.454. The maximum Gasteiger partial charge on any atom is 0.282 e. The highest BCUT2D eigenvalue weighted by Gasteiger charge is 2.35. The smallest absolute Gasteiger partial charge is 0.282 e. The molecular weight excluding hydrogens is 268 g/mol. The molecule has 0 amide bonds. The van der Waals surface area contributed by atoms with Gasteiger partial charge in [0.2, 0.25) is 0 Å². The molecule has 1 atom stereocenters. The molecule has 7 heteroatoms. The Kier molecular flexibility index (Phi) is 4.84. The minimum atomic E-state index is -3.34. The van der Waals surface area contributed by atoms with Gasteiger partial charge in [-0.15, -0.1) is 0 Å². The molecule has 0 N–H and O–H groups in total. The number of methoxy groups -OCH3 is 1. The summed E-state index contributed by atoms with van der Waals surface area (Å²) in [5, 5.41) is 0. The third-order valence-electron chi connectivity index (χ3n) is 4.12. The molecule has 112 valence electrons. The Morgan fingerprint density at radius 2 is 1.68 bits per heavy atom. The fourth-order valence-corrected chi connectivity index (χ4v) is 4.22. The molecule has 2 heterocycles. The number of hydrogen-bond acceptors (Lipinski definition) is 4. The standard InChI is InChI=1S/C12H24N2O4S/c1-12(17-2)4-3-6-13(7-5-12)19(15,16)14-8-10-18-11-9-14/h3-11H2,1-2H3. The maximum absolute atomic E-state index is 12.5. The molecule has 19 heavy (non-hydrogen) atoms. The second-order valence-electron chi connectivity index (χ2n) is 5.43. The summed E-state index contributed by atoms with van der Waals surface area (Å²) in [4.78, 5) is 0. The first-order valence-corrected chi connectivity index (χ1v) is 8.26. The molecule has 2 aliphatic rings. The van der Waals surface area contributed by atoms with Crippen LogP contribution >= 0.6 is 0 Å². The fraction of sp³-hybridized carbons (Fsp3) is 1.00. The van der Waals surface area contributed by atoms with Gasteiger partial charge in [-0.05, 0) is 26.2 Å². The third kappa shape index (κ3) is 3.46. The van der Waals surface area contributed by atoms with Crippen molar-refractivity contribution in [1.82, 2.24) is 8.61 Å². The first-order chi connectivity index (χ1) is 8.98. The molecule has 0 radical (unpaired) electrons. The van der Waals surface area contributed by atoms with E-state index in [0.29, 0.717) is 39.4 Å². The van der Waals surface area contributed by atoms with Crippen LogP contribution in [-0.2, 0) is 19.7 Å². The van der Waals surface area contributed by atoms with Crippen LogP contribution < -0.4 is 0 Å². The van der Waals surface area contributed by atoms with E-state index in [9.17, 15) is 8.42 Å². The lowest BCUT2D eigenvalue weighted by molar-refractivity contribution is -0.00465. The van der Waals surface area contributed by atoms with E-state index in [1.807, 2.05) is 0 Å². The highest BCUT2D eigenvalue weighted by atomic mass is 32.2. The number of morpholine rings is 1. The topological polar surface area (TPSA) is 59.1 Å². The summed E-state index contributed by atoms with van der Waals surface area (Å²) in [5.41, 5.74) is -0.199. The second-order valence-corrected chi connectivity index (χ2v) is 7.35. The zero-order chi connectivity index (χ0) is 13.9. The van der Waals surface area contributed by atoms with Crippen molar-refractivity contribution in [2.45, 2.75) is 31.8 Å². The highest BCUT2D eigenvalue weighted by molar-refractivity contribution is 7.86. The van der Waals surface area contributed by atoms with Crippen LogP contribution in [0.1, 0.15) is 26.2 Å². The van der Waals surface area contributed by atoms with Crippen LogP contribution in [0.15, 0.2) is 0 Å². The predicted molar refractivity (Wildman–Crippen MR) is 72.1 cm³/mol. The lowest BCUT2D eigenvalue weighted by atomic mass is 9.97. The number of ether oxygens (including phenoxy) is 2. The van der Waals surface area contributed by atoms with Gasteiger partial charge in [-0.25, -0.2) is 0 Å². The molecule has 0 spiro atoms. The van der Waals surface area contributed by atoms with Crippen molar-refractivity contribution in [1.29, 1.82) is 0 Å². The van der Waals surface area contributed by atoms with Gasteiger partial charge >= 0.3 is 0 Å². The van der Waals surface area contributed by atoms with E-state index in [1.165, 1.54) is 4.31 Å². The van der Waals surface area contributed by atoms with Gasteiger partial charge < -0.3 is 9.47 Å². The van der Waals surface area contributed by atoms with Crippen molar-refractivity contribution in [2.75, 3.05) is 46.5 Å². The van der Waals surface area contributed by atoms with Gasteiger partial charge in [-0.3, -0.25) is 0 Å². The molecule has 2 aliphatic heterocycles. The summed E-state index contributed by atoms with van der Waals surface area (Å²) in [6.07, 6.45) is 2.49. The molecule has 0 aromatic heterocycles. The van der Waals surface area contributed by atoms with E-state index < -0.39 is 10.2 Å². The molecule has 0 aromatic carbocycles. The minimum absolute atomic E-state index is 0.199. The van der Waals surface area contributed by atoms with Gasteiger partial charge in [0.25, 0.3) is 10.2 Å². The zero-order valence-corrected chi connectivity index (χ0v) is 12.6. The van der Waals surface area contributed by atoms with Gasteiger partial charge in [0, 0.05) is 33.3 Å². The molecule has 0 aromatic rings. The van der Waals surface area contributed by atoms with E-state index in [1.54, 1.807) is 11.4 Å². The Bertz CT molecular complexity index is 395. The minimum Gasteiger partial charge on any atom is -0.379 e. The van der Waals surface area contributed by atoms with Gasteiger partial charge in [0.15, 0.2) is 0 Å². The normalized spacial score (nSPS) is 32.1. The molecule has 0 aliphatic carbocycles. The summed E-state index contributed by atoms with van der Waals surface area (Å²) in [7, 11) is -1.64. The van der Waals surface area contributed by atoms with Crippen molar-refractivity contribution >= 4 is 10.2 Å². The van der Waals surface area contributed by atoms with E-state index >= 15 is 0 Å². The van der Waals surface area contributed by atoms with Crippen molar-refractivity contribution in [2.24, 2.45) is 0 Å². The van der Waals surface area contributed by atoms with Crippen LogP contribution in [0, 0.1) is 0 Å². The highest BCUT2D eigenvalue weighted by Crippen LogP contribution is 2.27. The summed E-state index contributed by atoms with van der Waals surface area (Å²) >= 11 is 0. The van der Waals surface area contributed by atoms with E-state index in [-0.39, 0.29) is 5.60 Å². The molecule has 2 fully saturated rings. The van der Waals surface area contributed by atoms with Crippen LogP contribution in [0.2, 0.25) is 0 Å². The number of rotatable bonds is 3. The second kappa shape index (κ2) is 6.05. The van der Waals surface area contributed by atoms with E-state index in [4.69, 9.17) is 9.47 Å². The Hall–Kier alpha value is -0.210. The average molecular weight is 292 g/mol. The van der Waals surface area contributed by atoms with Crippen LogP contribution in [0.4, 0.5) is 0 Å². The Balaban J connectivity index is 2.04. The van der Waals surface area contributed by atoms with Gasteiger partial charge in [-0.1, -0.05) is 0 Å². The van der Waals surface area contributed by atoms with Gasteiger partial charge in [0.05, 0.1) is 18.8 Å². The quantitative estimate of drug-likeness (QED) is 0.758. The van der Waals surface area contributed by atoms with Crippen molar-refractivity contribution in [3.8, 4) is 0 Å². The summed E-state index contributed by atoms with van der Waals surface area (Å²) < 4.78 is 39.0. The van der Waals surface area contributed by atoms with E-state index in [2.05, 4.69) is 6.92 Å². The Labute approximate surface area is 115 Å². The monoisotopic (exact) mass is 292 g/mol. The van der Waals surface area contributed by atoms with Crippen molar-refractivity contribution in [3.05, 3.63) is 0 Å². The van der Waals surface area contributed by atoms with Crippen LogP contribution in [0.3, 0.4) is 0 Å². The molecule has 0 bridgehead atoms. The molecular formula is C12H24N2O4S. The number of nitrogens with zero attached hydrogens (tertiary/aromatic N) is 2. The van der Waals surface area contributed by atoms with Crippen molar-refractivity contribution < 1.29 is 17.9 Å². The average Bonchev–Trinajstić information content (AvgIpc) is 2.63. The molecule has 6 nitrogen and oxygen atoms in total.